The number of esters is 1. The molecule has 0 radical (unpaired) electrons. The second-order valence-electron chi connectivity index (χ2n) is 11.4. The fraction of sp³-hybridized carbons (Fsp3) is 0.531. The topological polar surface area (TPSA) is 105 Å². The summed E-state index contributed by atoms with van der Waals surface area (Å²) in [6, 6.07) is -0.546. The van der Waals surface area contributed by atoms with Crippen molar-refractivity contribution in [1.29, 1.82) is 0 Å². The summed E-state index contributed by atoms with van der Waals surface area (Å²) in [5.41, 5.74) is 1.78. The van der Waals surface area contributed by atoms with E-state index in [9.17, 15) is 19.5 Å². The third-order valence-electron chi connectivity index (χ3n) is 7.55. The summed E-state index contributed by atoms with van der Waals surface area (Å²) in [5.74, 6) is -1.32. The molecule has 2 aliphatic rings. The Labute approximate surface area is 233 Å². The molecule has 1 heterocycles. The first-order valence-electron chi connectivity index (χ1n) is 13.7. The summed E-state index contributed by atoms with van der Waals surface area (Å²) in [6.45, 7) is 14.7. The number of hydrogen-bond donors (Lipinski definition) is 3. The van der Waals surface area contributed by atoms with Crippen LogP contribution in [0.3, 0.4) is 0 Å². The van der Waals surface area contributed by atoms with Gasteiger partial charge in [-0.1, -0.05) is 86.6 Å². The summed E-state index contributed by atoms with van der Waals surface area (Å²) in [5, 5.41) is 16.7. The van der Waals surface area contributed by atoms with E-state index in [0.717, 1.165) is 17.6 Å². The number of aliphatic hydroxyl groups excluding tert-OH is 1. The lowest BCUT2D eigenvalue weighted by Gasteiger charge is -2.38. The minimum atomic E-state index is -0.911. The zero-order valence-corrected chi connectivity index (χ0v) is 24.6. The van der Waals surface area contributed by atoms with E-state index in [1.807, 2.05) is 52.0 Å². The second-order valence-corrected chi connectivity index (χ2v) is 11.4. The van der Waals surface area contributed by atoms with Crippen molar-refractivity contribution >= 4 is 17.8 Å². The van der Waals surface area contributed by atoms with Gasteiger partial charge in [-0.3, -0.25) is 9.59 Å². The van der Waals surface area contributed by atoms with E-state index in [1.165, 1.54) is 19.9 Å². The van der Waals surface area contributed by atoms with Gasteiger partial charge in [0.2, 0.25) is 11.8 Å². The maximum atomic E-state index is 12.8. The number of cyclic esters (lactones) is 1. The van der Waals surface area contributed by atoms with E-state index < -0.39 is 30.1 Å². The maximum Gasteiger partial charge on any atom is 0.331 e. The first-order valence-corrected chi connectivity index (χ1v) is 13.7. The van der Waals surface area contributed by atoms with Gasteiger partial charge in [-0.05, 0) is 32.6 Å². The monoisotopic (exact) mass is 538 g/mol. The largest absolute Gasteiger partial charge is 0.458 e. The summed E-state index contributed by atoms with van der Waals surface area (Å²) in [6.07, 6.45) is 18.8. The van der Waals surface area contributed by atoms with Crippen molar-refractivity contribution in [2.45, 2.75) is 86.1 Å². The molecule has 1 aliphatic heterocycles. The Bertz CT molecular complexity index is 1080. The molecule has 2 rings (SSSR count). The van der Waals surface area contributed by atoms with E-state index in [-0.39, 0.29) is 35.1 Å². The molecule has 214 valence electrons. The first-order chi connectivity index (χ1) is 18.2. The number of rotatable bonds is 5. The minimum Gasteiger partial charge on any atom is -0.458 e. The van der Waals surface area contributed by atoms with Crippen LogP contribution >= 0.6 is 0 Å². The van der Waals surface area contributed by atoms with Crippen LogP contribution in [0.4, 0.5) is 0 Å². The zero-order valence-electron chi connectivity index (χ0n) is 24.6. The highest BCUT2D eigenvalue weighted by atomic mass is 16.5. The van der Waals surface area contributed by atoms with Crippen LogP contribution in [-0.2, 0) is 19.1 Å². The number of allylic oxidation sites excluding steroid dienone is 9. The van der Waals surface area contributed by atoms with Gasteiger partial charge < -0.3 is 20.5 Å². The fourth-order valence-corrected chi connectivity index (χ4v) is 5.27. The number of carbonyl (C=O) groups excluding carboxylic acids is 3. The molecule has 0 unspecified atom stereocenters. The van der Waals surface area contributed by atoms with Gasteiger partial charge in [-0.25, -0.2) is 4.79 Å². The Hall–Kier alpha value is -3.19. The number of ether oxygens (including phenoxy) is 1. The van der Waals surface area contributed by atoms with Crippen LogP contribution in [-0.4, -0.2) is 47.2 Å². The van der Waals surface area contributed by atoms with Gasteiger partial charge in [0.1, 0.15) is 6.10 Å². The maximum absolute atomic E-state index is 12.8. The van der Waals surface area contributed by atoms with Crippen molar-refractivity contribution in [2.24, 2.45) is 23.2 Å². The Balaban J connectivity index is 2.47. The molecule has 7 heteroatoms. The highest BCUT2D eigenvalue weighted by Gasteiger charge is 2.35. The van der Waals surface area contributed by atoms with Crippen molar-refractivity contribution in [3.63, 3.8) is 0 Å². The zero-order chi connectivity index (χ0) is 29.3. The highest BCUT2D eigenvalue weighted by molar-refractivity contribution is 5.82. The van der Waals surface area contributed by atoms with Gasteiger partial charge in [0.15, 0.2) is 0 Å². The third kappa shape index (κ3) is 9.81. The Morgan fingerprint density at radius 3 is 2.38 bits per heavy atom. The second kappa shape index (κ2) is 14.3. The van der Waals surface area contributed by atoms with Gasteiger partial charge >= 0.3 is 5.97 Å². The predicted molar refractivity (Wildman–Crippen MR) is 155 cm³/mol. The molecule has 0 saturated carbocycles. The lowest BCUT2D eigenvalue weighted by atomic mass is 9.68. The molecular weight excluding hydrogens is 492 g/mol. The molecule has 2 amide bonds. The van der Waals surface area contributed by atoms with Gasteiger partial charge in [0.05, 0.1) is 12.1 Å². The Morgan fingerprint density at radius 2 is 1.74 bits per heavy atom. The molecule has 0 aromatic rings. The lowest BCUT2D eigenvalue weighted by Crippen LogP contribution is -2.48. The van der Waals surface area contributed by atoms with Crippen LogP contribution in [0.1, 0.15) is 61.8 Å². The normalized spacial score (nSPS) is 35.4. The summed E-state index contributed by atoms with van der Waals surface area (Å²) < 4.78 is 5.86. The minimum absolute atomic E-state index is 0.0456. The molecule has 1 aliphatic carbocycles. The van der Waals surface area contributed by atoms with Crippen molar-refractivity contribution in [1.82, 2.24) is 10.6 Å². The van der Waals surface area contributed by atoms with Crippen molar-refractivity contribution in [3.05, 3.63) is 71.9 Å². The smallest absolute Gasteiger partial charge is 0.331 e. The van der Waals surface area contributed by atoms with E-state index >= 15 is 0 Å². The quantitative estimate of drug-likeness (QED) is 0.347. The molecule has 0 fully saturated rings. The molecule has 0 aromatic carbocycles. The number of carbonyl (C=O) groups is 3. The lowest BCUT2D eigenvalue weighted by molar-refractivity contribution is -0.151. The molecule has 7 nitrogen and oxygen atoms in total. The SMILES string of the molecule is CC(=O)N[C@@H]1C=C[C@@H]2/C=C(C)/C=C/[C@@H](C)[C@H]([C@H](C)[C@H](O)[C@@H](C)NC(C)=O)OC(=O)/C=C/C=C(C)\C=C\[C@]2(C)C1. The highest BCUT2D eigenvalue weighted by Crippen LogP contribution is 2.41. The predicted octanol–water partition coefficient (Wildman–Crippen LogP) is 4.72. The van der Waals surface area contributed by atoms with E-state index in [4.69, 9.17) is 4.74 Å². The Morgan fingerprint density at radius 1 is 1.05 bits per heavy atom. The van der Waals surface area contributed by atoms with Crippen LogP contribution in [0.2, 0.25) is 0 Å². The molecule has 0 saturated heterocycles. The standard InChI is InChI=1S/C32H46N2O5/c1-20-10-9-11-29(37)39-31(23(4)30(38)24(5)33-25(6)35)22(3)13-12-21(2)18-27-14-15-28(34-26(7)36)19-32(27,8)17-16-20/h9-18,22-24,27-28,30-31,38H,19H2,1-8H3,(H,33,35)(H,34,36)/b11-9+,13-12+,17-16+,20-10-,21-18+/t22-,23-,24-,27-,28-,30+,31-,32-/m1/s1. The number of fused-ring (bicyclic) bond motifs is 1. The van der Waals surface area contributed by atoms with E-state index in [1.54, 1.807) is 13.0 Å². The summed E-state index contributed by atoms with van der Waals surface area (Å²) in [7, 11) is 0. The number of amides is 2. The van der Waals surface area contributed by atoms with Gasteiger partial charge in [0, 0.05) is 43.7 Å². The molecule has 0 bridgehead atoms. The Kier molecular flexibility index (Phi) is 11.7. The molecule has 8 atom stereocenters. The van der Waals surface area contributed by atoms with Crippen molar-refractivity contribution in [3.8, 4) is 0 Å². The number of hydrogen-bond acceptors (Lipinski definition) is 5. The molecule has 3 N–H and O–H groups in total. The summed E-state index contributed by atoms with van der Waals surface area (Å²) >= 11 is 0. The van der Waals surface area contributed by atoms with Gasteiger partial charge in [0.25, 0.3) is 0 Å². The first kappa shape index (κ1) is 32.0. The van der Waals surface area contributed by atoms with Crippen molar-refractivity contribution < 1.29 is 24.2 Å². The summed E-state index contributed by atoms with van der Waals surface area (Å²) in [4.78, 5) is 36.0. The van der Waals surface area contributed by atoms with Crippen LogP contribution in [0.5, 0.6) is 0 Å². The van der Waals surface area contributed by atoms with E-state index in [0.29, 0.717) is 0 Å². The average Bonchev–Trinajstić information content (AvgIpc) is 2.84. The van der Waals surface area contributed by atoms with Crippen LogP contribution in [0.25, 0.3) is 0 Å². The average molecular weight is 539 g/mol. The fourth-order valence-electron chi connectivity index (χ4n) is 5.27. The molecule has 39 heavy (non-hydrogen) atoms. The van der Waals surface area contributed by atoms with Gasteiger partial charge in [-0.15, -0.1) is 0 Å². The molecule has 0 aromatic heterocycles. The number of nitrogens with one attached hydrogen (secondary N) is 2. The van der Waals surface area contributed by atoms with Crippen LogP contribution in [0, 0.1) is 23.2 Å². The van der Waals surface area contributed by atoms with Gasteiger partial charge in [-0.2, -0.15) is 0 Å². The molecular formula is C32H46N2O5. The van der Waals surface area contributed by atoms with Crippen LogP contribution in [0.15, 0.2) is 71.9 Å². The van der Waals surface area contributed by atoms with Crippen molar-refractivity contribution in [2.75, 3.05) is 0 Å². The van der Waals surface area contributed by atoms with E-state index in [2.05, 4.69) is 41.9 Å². The third-order valence-corrected chi connectivity index (χ3v) is 7.55. The molecule has 0 spiro atoms. The van der Waals surface area contributed by atoms with Crippen LogP contribution < -0.4 is 10.6 Å². The number of aliphatic hydroxyl groups is 1.